The maximum atomic E-state index is 10.9. The molecule has 0 spiro atoms. The number of non-ortho nitro benzene ring substituents is 1. The zero-order valence-electron chi connectivity index (χ0n) is 11.7. The molecule has 3 rings (SSSR count). The van der Waals surface area contributed by atoms with Crippen LogP contribution in [-0.4, -0.2) is 9.91 Å². The average Bonchev–Trinajstić information content (AvgIpc) is 3.24. The fraction of sp³-hybridized carbons (Fsp3) is 0. The molecule has 23 heavy (non-hydrogen) atoms. The molecule has 112 valence electrons. The fourth-order valence-electron chi connectivity index (χ4n) is 1.97. The monoisotopic (exact) mass is 339 g/mol. The maximum absolute atomic E-state index is 10.9. The van der Waals surface area contributed by atoms with E-state index in [1.807, 2.05) is 17.5 Å². The molecule has 0 aliphatic rings. The number of thiophene rings is 1. The minimum Gasteiger partial charge on any atom is -0.258 e. The van der Waals surface area contributed by atoms with Crippen LogP contribution in [0.15, 0.2) is 47.2 Å². The Morgan fingerprint density at radius 1 is 1.30 bits per heavy atom. The van der Waals surface area contributed by atoms with Gasteiger partial charge in [0.1, 0.15) is 11.1 Å². The Morgan fingerprint density at radius 2 is 2.17 bits per heavy atom. The first-order chi connectivity index (χ1) is 11.2. The second kappa shape index (κ2) is 6.52. The van der Waals surface area contributed by atoms with E-state index in [2.05, 4.69) is 11.1 Å². The van der Waals surface area contributed by atoms with E-state index in [-0.39, 0.29) is 5.69 Å². The van der Waals surface area contributed by atoms with Crippen molar-refractivity contribution in [3.8, 4) is 17.3 Å². The highest BCUT2D eigenvalue weighted by molar-refractivity contribution is 7.12. The molecule has 0 atom stereocenters. The molecule has 1 aromatic carbocycles. The highest BCUT2D eigenvalue weighted by Gasteiger charge is 2.12. The molecule has 0 fully saturated rings. The van der Waals surface area contributed by atoms with Gasteiger partial charge in [-0.3, -0.25) is 10.1 Å². The molecule has 5 nitrogen and oxygen atoms in total. The summed E-state index contributed by atoms with van der Waals surface area (Å²) in [6.07, 6.45) is 1.79. The van der Waals surface area contributed by atoms with Crippen molar-refractivity contribution in [1.82, 2.24) is 4.98 Å². The Labute approximate surface area is 139 Å². The van der Waals surface area contributed by atoms with Crippen molar-refractivity contribution in [2.45, 2.75) is 0 Å². The number of benzene rings is 1. The lowest BCUT2D eigenvalue weighted by Crippen LogP contribution is -1.88. The number of nitro benzene ring substituents is 1. The number of hydrogen-bond acceptors (Lipinski definition) is 6. The first kappa shape index (κ1) is 15.1. The van der Waals surface area contributed by atoms with Crippen LogP contribution in [0.1, 0.15) is 9.88 Å². The van der Waals surface area contributed by atoms with Gasteiger partial charge >= 0.3 is 0 Å². The SMILES string of the molecule is N#C/C(=C\c1cccs1)c1nc(-c2cccc([N+](=O)[O-])c2)cs1. The maximum Gasteiger partial charge on any atom is 0.270 e. The van der Waals surface area contributed by atoms with Crippen LogP contribution in [0.4, 0.5) is 5.69 Å². The summed E-state index contributed by atoms with van der Waals surface area (Å²) in [5, 5.41) is 24.5. The van der Waals surface area contributed by atoms with Crippen LogP contribution in [0.25, 0.3) is 22.9 Å². The summed E-state index contributed by atoms with van der Waals surface area (Å²) in [6, 6.07) is 12.3. The van der Waals surface area contributed by atoms with Crippen LogP contribution in [0.3, 0.4) is 0 Å². The Balaban J connectivity index is 1.96. The molecule has 0 unspecified atom stereocenters. The molecular weight excluding hydrogens is 330 g/mol. The molecule has 7 heteroatoms. The Kier molecular flexibility index (Phi) is 4.28. The van der Waals surface area contributed by atoms with Crippen LogP contribution in [0.2, 0.25) is 0 Å². The third-order valence-electron chi connectivity index (χ3n) is 3.04. The number of hydrogen-bond donors (Lipinski definition) is 0. The van der Waals surface area contributed by atoms with Gasteiger partial charge in [-0.05, 0) is 17.5 Å². The van der Waals surface area contributed by atoms with Crippen LogP contribution >= 0.6 is 22.7 Å². The summed E-state index contributed by atoms with van der Waals surface area (Å²) >= 11 is 2.89. The van der Waals surface area contributed by atoms with Gasteiger partial charge in [0, 0.05) is 28.0 Å². The average molecular weight is 339 g/mol. The summed E-state index contributed by atoms with van der Waals surface area (Å²) < 4.78 is 0. The van der Waals surface area contributed by atoms with Gasteiger partial charge in [-0.2, -0.15) is 5.26 Å². The summed E-state index contributed by atoms with van der Waals surface area (Å²) in [6.45, 7) is 0. The van der Waals surface area contributed by atoms with Crippen LogP contribution in [0.5, 0.6) is 0 Å². The third-order valence-corrected chi connectivity index (χ3v) is 4.73. The Morgan fingerprint density at radius 3 is 2.87 bits per heavy atom. The molecule has 0 bridgehead atoms. The van der Waals surface area contributed by atoms with Crippen molar-refractivity contribution < 1.29 is 4.92 Å². The van der Waals surface area contributed by atoms with Crippen molar-refractivity contribution in [2.75, 3.05) is 0 Å². The molecule has 0 aliphatic heterocycles. The molecule has 2 aromatic heterocycles. The lowest BCUT2D eigenvalue weighted by molar-refractivity contribution is -0.384. The second-order valence-electron chi connectivity index (χ2n) is 4.53. The van der Waals surface area contributed by atoms with E-state index in [0.717, 1.165) is 4.88 Å². The molecule has 0 aliphatic carbocycles. The van der Waals surface area contributed by atoms with E-state index in [0.29, 0.717) is 21.8 Å². The summed E-state index contributed by atoms with van der Waals surface area (Å²) in [7, 11) is 0. The predicted octanol–water partition coefficient (Wildman–Crippen LogP) is 4.84. The van der Waals surface area contributed by atoms with Gasteiger partial charge < -0.3 is 0 Å². The van der Waals surface area contributed by atoms with Crippen LogP contribution in [0, 0.1) is 21.4 Å². The topological polar surface area (TPSA) is 79.8 Å². The number of nitriles is 1. The summed E-state index contributed by atoms with van der Waals surface area (Å²) in [4.78, 5) is 15.8. The number of thiazole rings is 1. The van der Waals surface area contributed by atoms with Crippen molar-refractivity contribution in [2.24, 2.45) is 0 Å². The normalized spacial score (nSPS) is 11.2. The molecule has 2 heterocycles. The molecule has 0 radical (unpaired) electrons. The second-order valence-corrected chi connectivity index (χ2v) is 6.37. The zero-order valence-corrected chi connectivity index (χ0v) is 13.3. The van der Waals surface area contributed by atoms with E-state index >= 15 is 0 Å². The first-order valence-electron chi connectivity index (χ1n) is 6.53. The van der Waals surface area contributed by atoms with Crippen LogP contribution in [-0.2, 0) is 0 Å². The van der Waals surface area contributed by atoms with E-state index in [1.54, 1.807) is 34.9 Å². The van der Waals surface area contributed by atoms with Crippen LogP contribution < -0.4 is 0 Å². The summed E-state index contributed by atoms with van der Waals surface area (Å²) in [5.74, 6) is 0. The smallest absolute Gasteiger partial charge is 0.258 e. The highest BCUT2D eigenvalue weighted by Crippen LogP contribution is 2.29. The van der Waals surface area contributed by atoms with Crippen molar-refractivity contribution >= 4 is 40.0 Å². The summed E-state index contributed by atoms with van der Waals surface area (Å²) in [5.41, 5.74) is 1.79. The molecule has 0 saturated carbocycles. The quantitative estimate of drug-likeness (QED) is 0.387. The Bertz CT molecular complexity index is 921. The molecule has 0 amide bonds. The van der Waals surface area contributed by atoms with Gasteiger partial charge in [-0.15, -0.1) is 22.7 Å². The fourth-order valence-corrected chi connectivity index (χ4v) is 3.42. The Hall–Kier alpha value is -2.82. The number of aromatic nitrogens is 1. The molecule has 0 N–H and O–H groups in total. The molecular formula is C16H9N3O2S2. The molecule has 0 saturated heterocycles. The van der Waals surface area contributed by atoms with Crippen molar-refractivity contribution in [3.05, 3.63) is 67.2 Å². The number of nitro groups is 1. The highest BCUT2D eigenvalue weighted by atomic mass is 32.1. The lowest BCUT2D eigenvalue weighted by atomic mass is 10.1. The van der Waals surface area contributed by atoms with Gasteiger partial charge in [-0.25, -0.2) is 4.98 Å². The molecule has 3 aromatic rings. The minimum atomic E-state index is -0.436. The van der Waals surface area contributed by atoms with Gasteiger partial charge in [0.15, 0.2) is 0 Å². The number of rotatable bonds is 4. The van der Waals surface area contributed by atoms with E-state index < -0.39 is 4.92 Å². The van der Waals surface area contributed by atoms with E-state index in [9.17, 15) is 15.4 Å². The number of allylic oxidation sites excluding steroid dienone is 1. The van der Waals surface area contributed by atoms with E-state index in [4.69, 9.17) is 0 Å². The van der Waals surface area contributed by atoms with Gasteiger partial charge in [0.2, 0.25) is 0 Å². The van der Waals surface area contributed by atoms with Crippen molar-refractivity contribution in [3.63, 3.8) is 0 Å². The van der Waals surface area contributed by atoms with Gasteiger partial charge in [0.05, 0.1) is 16.2 Å². The number of nitrogens with zero attached hydrogens (tertiary/aromatic N) is 3. The van der Waals surface area contributed by atoms with E-state index in [1.165, 1.54) is 23.5 Å². The standard InChI is InChI=1S/C16H9N3O2S2/c17-9-12(8-14-5-2-6-22-14)16-18-15(10-23-16)11-3-1-4-13(7-11)19(20)21/h1-8,10H/b12-8+. The van der Waals surface area contributed by atoms with Gasteiger partial charge in [-0.1, -0.05) is 18.2 Å². The minimum absolute atomic E-state index is 0.0201. The first-order valence-corrected chi connectivity index (χ1v) is 8.29. The zero-order chi connectivity index (χ0) is 16.2. The van der Waals surface area contributed by atoms with Crippen molar-refractivity contribution in [1.29, 1.82) is 5.26 Å². The largest absolute Gasteiger partial charge is 0.270 e. The predicted molar refractivity (Wildman–Crippen MR) is 92.0 cm³/mol. The van der Waals surface area contributed by atoms with Gasteiger partial charge in [0.25, 0.3) is 5.69 Å². The lowest BCUT2D eigenvalue weighted by Gasteiger charge is -1.97. The third kappa shape index (κ3) is 3.34.